The van der Waals surface area contributed by atoms with Crippen LogP contribution in [-0.2, 0) is 4.79 Å². The average Bonchev–Trinajstić information content (AvgIpc) is 3.44. The number of hydrogen-bond acceptors (Lipinski definition) is 4. The van der Waals surface area contributed by atoms with E-state index in [-0.39, 0.29) is 11.9 Å². The average molecular weight is 375 g/mol. The Morgan fingerprint density at radius 2 is 2.04 bits per heavy atom. The molecule has 1 fully saturated rings. The van der Waals surface area contributed by atoms with Crippen molar-refractivity contribution in [2.75, 3.05) is 13.7 Å². The summed E-state index contributed by atoms with van der Waals surface area (Å²) in [5.41, 5.74) is 4.56. The minimum absolute atomic E-state index is 0.0301. The highest BCUT2D eigenvalue weighted by Gasteiger charge is 2.32. The summed E-state index contributed by atoms with van der Waals surface area (Å²) in [4.78, 5) is 26.9. The molecule has 142 valence electrons. The fourth-order valence-corrected chi connectivity index (χ4v) is 4.18. The predicted octanol–water partition coefficient (Wildman–Crippen LogP) is 3.57. The standard InChI is InChI=1S/C21H21N5O2/c1-13(27)25-11-3-4-17(25)21-24-19(14-5-7-15(28-2)8-6-14)18-12-23-20-16(26(18)21)9-10-22-20/h5-10,12,17,22H,3-4,11H2,1-2H3. The van der Waals surface area contributed by atoms with E-state index in [1.165, 1.54) is 0 Å². The van der Waals surface area contributed by atoms with E-state index in [1.807, 2.05) is 47.6 Å². The Kier molecular flexibility index (Phi) is 3.82. The van der Waals surface area contributed by atoms with Gasteiger partial charge in [-0.2, -0.15) is 0 Å². The Hall–Kier alpha value is -3.35. The SMILES string of the molecule is COc1ccc(-c2nc(C3CCCN3C(C)=O)n3c2cnc2[nH]ccc23)cc1. The first-order chi connectivity index (χ1) is 13.7. The molecule has 7 nitrogen and oxygen atoms in total. The molecular formula is C21H21N5O2. The van der Waals surface area contributed by atoms with Gasteiger partial charge in [0.15, 0.2) is 5.65 Å². The van der Waals surface area contributed by atoms with Crippen molar-refractivity contribution in [3.05, 3.63) is 48.5 Å². The number of fused-ring (bicyclic) bond motifs is 3. The topological polar surface area (TPSA) is 75.5 Å². The molecule has 1 amide bonds. The van der Waals surface area contributed by atoms with Crippen LogP contribution in [0.15, 0.2) is 42.7 Å². The molecule has 0 bridgehead atoms. The van der Waals surface area contributed by atoms with E-state index in [2.05, 4.69) is 14.4 Å². The zero-order valence-electron chi connectivity index (χ0n) is 15.8. The van der Waals surface area contributed by atoms with Crippen LogP contribution in [0, 0.1) is 0 Å². The largest absolute Gasteiger partial charge is 0.497 e. The van der Waals surface area contributed by atoms with Gasteiger partial charge in [0.25, 0.3) is 0 Å². The molecule has 0 spiro atoms. The fraction of sp³-hybridized carbons (Fsp3) is 0.286. The quantitative estimate of drug-likeness (QED) is 0.594. The number of ether oxygens (including phenoxy) is 1. The zero-order valence-corrected chi connectivity index (χ0v) is 15.8. The van der Waals surface area contributed by atoms with Crippen LogP contribution >= 0.6 is 0 Å². The highest BCUT2D eigenvalue weighted by atomic mass is 16.5. The van der Waals surface area contributed by atoms with Crippen molar-refractivity contribution in [3.8, 4) is 17.0 Å². The van der Waals surface area contributed by atoms with Crippen LogP contribution in [-0.4, -0.2) is 43.8 Å². The summed E-state index contributed by atoms with van der Waals surface area (Å²) >= 11 is 0. The predicted molar refractivity (Wildman–Crippen MR) is 106 cm³/mol. The first-order valence-electron chi connectivity index (χ1n) is 9.43. The van der Waals surface area contributed by atoms with E-state index in [0.717, 1.165) is 58.9 Å². The van der Waals surface area contributed by atoms with Gasteiger partial charge in [0.1, 0.15) is 11.6 Å². The Bertz CT molecular complexity index is 1170. The van der Waals surface area contributed by atoms with E-state index in [4.69, 9.17) is 9.72 Å². The van der Waals surface area contributed by atoms with Crippen LogP contribution in [0.1, 0.15) is 31.6 Å². The maximum Gasteiger partial charge on any atom is 0.220 e. The Labute approximate surface area is 162 Å². The normalized spacial score (nSPS) is 16.9. The molecule has 5 rings (SSSR count). The highest BCUT2D eigenvalue weighted by Crippen LogP contribution is 2.36. The number of methoxy groups -OCH3 is 1. The van der Waals surface area contributed by atoms with Crippen LogP contribution in [0.5, 0.6) is 5.75 Å². The van der Waals surface area contributed by atoms with E-state index in [0.29, 0.717) is 0 Å². The van der Waals surface area contributed by atoms with Gasteiger partial charge in [0, 0.05) is 25.2 Å². The highest BCUT2D eigenvalue weighted by molar-refractivity contribution is 5.84. The number of rotatable bonds is 3. The van der Waals surface area contributed by atoms with E-state index in [9.17, 15) is 4.79 Å². The molecule has 1 N–H and O–H groups in total. The van der Waals surface area contributed by atoms with Gasteiger partial charge in [-0.05, 0) is 43.2 Å². The number of nitrogens with zero attached hydrogens (tertiary/aromatic N) is 4. The van der Waals surface area contributed by atoms with Crippen molar-refractivity contribution in [1.82, 2.24) is 24.3 Å². The van der Waals surface area contributed by atoms with Crippen LogP contribution < -0.4 is 4.74 Å². The van der Waals surface area contributed by atoms with Crippen LogP contribution in [0.3, 0.4) is 0 Å². The molecule has 0 aliphatic carbocycles. The van der Waals surface area contributed by atoms with Crippen LogP contribution in [0.25, 0.3) is 27.9 Å². The first kappa shape index (κ1) is 16.8. The lowest BCUT2D eigenvalue weighted by Crippen LogP contribution is -2.29. The third-order valence-corrected chi connectivity index (χ3v) is 5.52. The molecule has 4 aromatic rings. The summed E-state index contributed by atoms with van der Waals surface area (Å²) in [5.74, 6) is 1.78. The van der Waals surface area contributed by atoms with Crippen molar-refractivity contribution >= 4 is 22.6 Å². The lowest BCUT2D eigenvalue weighted by molar-refractivity contribution is -0.129. The Balaban J connectivity index is 1.77. The van der Waals surface area contributed by atoms with Crippen molar-refractivity contribution in [3.63, 3.8) is 0 Å². The molecule has 1 aliphatic rings. The number of amides is 1. The summed E-state index contributed by atoms with van der Waals surface area (Å²) < 4.78 is 7.42. The van der Waals surface area contributed by atoms with Crippen molar-refractivity contribution in [2.45, 2.75) is 25.8 Å². The number of imidazole rings is 1. The third-order valence-electron chi connectivity index (χ3n) is 5.52. The second-order valence-corrected chi connectivity index (χ2v) is 7.11. The fourth-order valence-electron chi connectivity index (χ4n) is 4.18. The number of benzene rings is 1. The van der Waals surface area contributed by atoms with Gasteiger partial charge in [0.2, 0.25) is 5.91 Å². The van der Waals surface area contributed by atoms with Crippen LogP contribution in [0.4, 0.5) is 0 Å². The maximum absolute atomic E-state index is 12.2. The lowest BCUT2D eigenvalue weighted by atomic mass is 10.1. The number of hydrogen-bond donors (Lipinski definition) is 1. The monoisotopic (exact) mass is 375 g/mol. The molecule has 28 heavy (non-hydrogen) atoms. The van der Waals surface area contributed by atoms with Gasteiger partial charge in [-0.1, -0.05) is 0 Å². The number of aromatic amines is 1. The summed E-state index contributed by atoms with van der Waals surface area (Å²) in [6.45, 7) is 2.40. The molecular weight excluding hydrogens is 354 g/mol. The number of nitrogens with one attached hydrogen (secondary N) is 1. The number of aromatic nitrogens is 4. The second-order valence-electron chi connectivity index (χ2n) is 7.11. The molecule has 0 radical (unpaired) electrons. The van der Waals surface area contributed by atoms with Gasteiger partial charge in [-0.25, -0.2) is 9.97 Å². The lowest BCUT2D eigenvalue weighted by Gasteiger charge is -2.22. The Morgan fingerprint density at radius 3 is 2.79 bits per heavy atom. The summed E-state index contributed by atoms with van der Waals surface area (Å²) in [7, 11) is 1.65. The minimum Gasteiger partial charge on any atom is -0.497 e. The molecule has 1 aliphatic heterocycles. The second kappa shape index (κ2) is 6.37. The van der Waals surface area contributed by atoms with Gasteiger partial charge in [-0.3, -0.25) is 9.20 Å². The molecule has 3 aromatic heterocycles. The Morgan fingerprint density at radius 1 is 1.21 bits per heavy atom. The zero-order chi connectivity index (χ0) is 19.3. The van der Waals surface area contributed by atoms with E-state index < -0.39 is 0 Å². The summed E-state index contributed by atoms with van der Waals surface area (Å²) in [6.07, 6.45) is 5.63. The maximum atomic E-state index is 12.2. The minimum atomic E-state index is -0.0301. The smallest absolute Gasteiger partial charge is 0.220 e. The van der Waals surface area contributed by atoms with Crippen LogP contribution in [0.2, 0.25) is 0 Å². The molecule has 1 saturated heterocycles. The number of likely N-dealkylation sites (tertiary alicyclic amines) is 1. The molecule has 7 heteroatoms. The van der Waals surface area contributed by atoms with Gasteiger partial charge >= 0.3 is 0 Å². The molecule has 1 atom stereocenters. The number of carbonyl (C=O) groups is 1. The van der Waals surface area contributed by atoms with Gasteiger partial charge in [0.05, 0.1) is 36.1 Å². The van der Waals surface area contributed by atoms with E-state index >= 15 is 0 Å². The number of H-pyrrole nitrogens is 1. The first-order valence-corrected chi connectivity index (χ1v) is 9.43. The van der Waals surface area contributed by atoms with Crippen molar-refractivity contribution in [2.24, 2.45) is 0 Å². The molecule has 4 heterocycles. The molecule has 1 aromatic carbocycles. The van der Waals surface area contributed by atoms with Gasteiger partial charge in [-0.15, -0.1) is 0 Å². The molecule has 1 unspecified atom stereocenters. The summed E-state index contributed by atoms with van der Waals surface area (Å²) in [5, 5.41) is 0. The van der Waals surface area contributed by atoms with Crippen molar-refractivity contribution < 1.29 is 9.53 Å². The summed E-state index contributed by atoms with van der Waals surface area (Å²) in [6, 6.07) is 9.84. The van der Waals surface area contributed by atoms with Crippen molar-refractivity contribution in [1.29, 1.82) is 0 Å². The number of carbonyl (C=O) groups excluding carboxylic acids is 1. The van der Waals surface area contributed by atoms with Gasteiger partial charge < -0.3 is 14.6 Å². The third kappa shape index (κ3) is 2.46. The molecule has 0 saturated carbocycles. The van der Waals surface area contributed by atoms with E-state index in [1.54, 1.807) is 14.0 Å².